The van der Waals surface area contributed by atoms with Crippen molar-refractivity contribution in [3.63, 3.8) is 0 Å². The molecule has 0 saturated heterocycles. The minimum Gasteiger partial charge on any atom is -0.314 e. The van der Waals surface area contributed by atoms with Crippen molar-refractivity contribution >= 4 is 0 Å². The van der Waals surface area contributed by atoms with E-state index in [1.54, 1.807) is 0 Å². The molecular formula is C16H35N. The standard InChI is InChI=1S/C16H35N/c1-5-7-9-11-16(12-10-8-6-2)17-14-13-15(3)4/h15-17H,5-14H2,1-4H3. The Morgan fingerprint density at radius 1 is 0.765 bits per heavy atom. The van der Waals surface area contributed by atoms with Crippen molar-refractivity contribution < 1.29 is 0 Å². The molecule has 0 aliphatic rings. The fraction of sp³-hybridized carbons (Fsp3) is 1.00. The van der Waals surface area contributed by atoms with Crippen LogP contribution in [0.5, 0.6) is 0 Å². The average Bonchev–Trinajstić information content (AvgIpc) is 2.28. The normalized spacial score (nSPS) is 11.6. The van der Waals surface area contributed by atoms with E-state index < -0.39 is 0 Å². The van der Waals surface area contributed by atoms with E-state index in [0.717, 1.165) is 12.0 Å². The lowest BCUT2D eigenvalue weighted by Gasteiger charge is -2.19. The number of nitrogens with one attached hydrogen (secondary N) is 1. The van der Waals surface area contributed by atoms with Gasteiger partial charge in [0.15, 0.2) is 0 Å². The van der Waals surface area contributed by atoms with Crippen molar-refractivity contribution in [1.29, 1.82) is 0 Å². The Hall–Kier alpha value is -0.0400. The Morgan fingerprint density at radius 3 is 1.71 bits per heavy atom. The second-order valence-corrected chi connectivity index (χ2v) is 5.83. The largest absolute Gasteiger partial charge is 0.314 e. The average molecular weight is 241 g/mol. The fourth-order valence-corrected chi connectivity index (χ4v) is 2.21. The third-order valence-electron chi connectivity index (χ3n) is 3.47. The van der Waals surface area contributed by atoms with Crippen LogP contribution in [0.4, 0.5) is 0 Å². The zero-order chi connectivity index (χ0) is 12.9. The second kappa shape index (κ2) is 12.4. The number of hydrogen-bond acceptors (Lipinski definition) is 1. The molecule has 0 heterocycles. The highest BCUT2D eigenvalue weighted by Crippen LogP contribution is 2.11. The van der Waals surface area contributed by atoms with Gasteiger partial charge in [-0.1, -0.05) is 66.2 Å². The van der Waals surface area contributed by atoms with E-state index in [9.17, 15) is 0 Å². The third kappa shape index (κ3) is 12.2. The Balaban J connectivity index is 3.67. The molecule has 0 saturated carbocycles. The van der Waals surface area contributed by atoms with Crippen LogP contribution in [0.15, 0.2) is 0 Å². The van der Waals surface area contributed by atoms with Crippen molar-refractivity contribution in [1.82, 2.24) is 5.32 Å². The zero-order valence-electron chi connectivity index (χ0n) is 12.7. The van der Waals surface area contributed by atoms with Crippen molar-refractivity contribution in [2.24, 2.45) is 5.92 Å². The van der Waals surface area contributed by atoms with Crippen LogP contribution in [-0.2, 0) is 0 Å². The van der Waals surface area contributed by atoms with Gasteiger partial charge in [0, 0.05) is 6.04 Å². The van der Waals surface area contributed by atoms with E-state index in [1.165, 1.54) is 64.3 Å². The summed E-state index contributed by atoms with van der Waals surface area (Å²) in [6.45, 7) is 10.4. The first-order valence-electron chi connectivity index (χ1n) is 7.94. The lowest BCUT2D eigenvalue weighted by molar-refractivity contribution is 0.402. The van der Waals surface area contributed by atoms with Gasteiger partial charge < -0.3 is 5.32 Å². The van der Waals surface area contributed by atoms with E-state index in [-0.39, 0.29) is 0 Å². The summed E-state index contributed by atoms with van der Waals surface area (Å²) < 4.78 is 0. The van der Waals surface area contributed by atoms with Crippen molar-refractivity contribution in [2.45, 2.75) is 91.5 Å². The second-order valence-electron chi connectivity index (χ2n) is 5.83. The lowest BCUT2D eigenvalue weighted by Crippen LogP contribution is -2.30. The molecule has 104 valence electrons. The number of rotatable bonds is 12. The Morgan fingerprint density at radius 2 is 1.29 bits per heavy atom. The van der Waals surface area contributed by atoms with E-state index >= 15 is 0 Å². The van der Waals surface area contributed by atoms with Crippen LogP contribution >= 0.6 is 0 Å². The van der Waals surface area contributed by atoms with Gasteiger partial charge in [-0.2, -0.15) is 0 Å². The van der Waals surface area contributed by atoms with Gasteiger partial charge in [-0.15, -0.1) is 0 Å². The minimum atomic E-state index is 0.784. The van der Waals surface area contributed by atoms with Crippen LogP contribution in [0.25, 0.3) is 0 Å². The summed E-state index contributed by atoms with van der Waals surface area (Å²) in [7, 11) is 0. The molecule has 0 bridgehead atoms. The Bertz CT molecular complexity index is 132. The summed E-state index contributed by atoms with van der Waals surface area (Å²) in [4.78, 5) is 0. The van der Waals surface area contributed by atoms with Gasteiger partial charge in [0.1, 0.15) is 0 Å². The fourth-order valence-electron chi connectivity index (χ4n) is 2.21. The summed E-state index contributed by atoms with van der Waals surface area (Å²) in [6.07, 6.45) is 12.4. The summed E-state index contributed by atoms with van der Waals surface area (Å²) >= 11 is 0. The van der Waals surface area contributed by atoms with E-state index in [0.29, 0.717) is 0 Å². The van der Waals surface area contributed by atoms with Crippen molar-refractivity contribution in [3.05, 3.63) is 0 Å². The predicted molar refractivity (Wildman–Crippen MR) is 79.5 cm³/mol. The van der Waals surface area contributed by atoms with Gasteiger partial charge >= 0.3 is 0 Å². The minimum absolute atomic E-state index is 0.784. The van der Waals surface area contributed by atoms with Gasteiger partial charge in [0.25, 0.3) is 0 Å². The summed E-state index contributed by atoms with van der Waals surface area (Å²) in [6, 6.07) is 0.784. The molecule has 0 unspecified atom stereocenters. The maximum Gasteiger partial charge on any atom is 0.00670 e. The highest BCUT2D eigenvalue weighted by Gasteiger charge is 2.07. The molecule has 1 nitrogen and oxygen atoms in total. The molecule has 0 aliphatic carbocycles. The maximum atomic E-state index is 3.77. The van der Waals surface area contributed by atoms with Gasteiger partial charge in [0.2, 0.25) is 0 Å². The molecular weight excluding hydrogens is 206 g/mol. The van der Waals surface area contributed by atoms with Crippen LogP contribution < -0.4 is 5.32 Å². The molecule has 0 rings (SSSR count). The summed E-state index contributed by atoms with van der Waals surface area (Å²) in [5.41, 5.74) is 0. The topological polar surface area (TPSA) is 12.0 Å². The molecule has 0 atom stereocenters. The van der Waals surface area contributed by atoms with Crippen LogP contribution in [0.2, 0.25) is 0 Å². The quantitative estimate of drug-likeness (QED) is 0.466. The first-order valence-corrected chi connectivity index (χ1v) is 7.94. The molecule has 1 heteroatoms. The summed E-state index contributed by atoms with van der Waals surface area (Å²) in [5.74, 6) is 0.828. The highest BCUT2D eigenvalue weighted by molar-refractivity contribution is 4.67. The van der Waals surface area contributed by atoms with Crippen LogP contribution in [0.3, 0.4) is 0 Å². The maximum absolute atomic E-state index is 3.77. The van der Waals surface area contributed by atoms with E-state index in [4.69, 9.17) is 0 Å². The van der Waals surface area contributed by atoms with Gasteiger partial charge in [0.05, 0.1) is 0 Å². The van der Waals surface area contributed by atoms with Crippen LogP contribution in [-0.4, -0.2) is 12.6 Å². The molecule has 1 N–H and O–H groups in total. The van der Waals surface area contributed by atoms with E-state index in [2.05, 4.69) is 33.0 Å². The molecule has 0 aromatic heterocycles. The van der Waals surface area contributed by atoms with Gasteiger partial charge in [-0.25, -0.2) is 0 Å². The molecule has 0 aliphatic heterocycles. The molecule has 0 radical (unpaired) electrons. The van der Waals surface area contributed by atoms with Gasteiger partial charge in [-0.3, -0.25) is 0 Å². The molecule has 0 spiro atoms. The number of hydrogen-bond donors (Lipinski definition) is 1. The Labute approximate surface area is 110 Å². The van der Waals surface area contributed by atoms with E-state index in [1.807, 2.05) is 0 Å². The third-order valence-corrected chi connectivity index (χ3v) is 3.47. The molecule has 0 amide bonds. The van der Waals surface area contributed by atoms with Crippen LogP contribution in [0, 0.1) is 5.92 Å². The Kier molecular flexibility index (Phi) is 12.4. The lowest BCUT2D eigenvalue weighted by atomic mass is 10.0. The first-order chi connectivity index (χ1) is 8.20. The highest BCUT2D eigenvalue weighted by atomic mass is 14.9. The molecule has 17 heavy (non-hydrogen) atoms. The van der Waals surface area contributed by atoms with Gasteiger partial charge in [-0.05, 0) is 31.7 Å². The van der Waals surface area contributed by atoms with Crippen LogP contribution in [0.1, 0.15) is 85.5 Å². The SMILES string of the molecule is CCCCCC(CCCCC)NCCC(C)C. The molecule has 0 aromatic carbocycles. The monoisotopic (exact) mass is 241 g/mol. The molecule has 0 aromatic rings. The van der Waals surface area contributed by atoms with Crippen molar-refractivity contribution in [2.75, 3.05) is 6.54 Å². The first kappa shape index (κ1) is 17.0. The van der Waals surface area contributed by atoms with Crippen molar-refractivity contribution in [3.8, 4) is 0 Å². The smallest absolute Gasteiger partial charge is 0.00670 e. The molecule has 0 fully saturated rings. The predicted octanol–water partition coefficient (Wildman–Crippen LogP) is 5.15. The zero-order valence-corrected chi connectivity index (χ0v) is 12.7. The number of unbranched alkanes of at least 4 members (excludes halogenated alkanes) is 4. The summed E-state index contributed by atoms with van der Waals surface area (Å²) in [5, 5.41) is 3.77.